The van der Waals surface area contributed by atoms with E-state index in [2.05, 4.69) is 9.88 Å². The number of fused-ring (bicyclic) bond motifs is 2. The number of aromatic nitrogens is 1. The van der Waals surface area contributed by atoms with Crippen LogP contribution in [0.15, 0.2) is 41.4 Å². The lowest BCUT2D eigenvalue weighted by Gasteiger charge is -2.41. The second-order valence-corrected chi connectivity index (χ2v) is 10.3. The summed E-state index contributed by atoms with van der Waals surface area (Å²) in [6.45, 7) is 4.78. The zero-order chi connectivity index (χ0) is 21.5. The molecule has 2 aliphatic rings. The van der Waals surface area contributed by atoms with Gasteiger partial charge in [0.2, 0.25) is 5.91 Å². The van der Waals surface area contributed by atoms with Gasteiger partial charge in [-0.2, -0.15) is 0 Å². The van der Waals surface area contributed by atoms with Gasteiger partial charge in [0.25, 0.3) is 0 Å². The molecule has 2 bridgehead atoms. The smallest absolute Gasteiger partial charge is 0.223 e. The fourth-order valence-electron chi connectivity index (χ4n) is 4.49. The number of benzene rings is 1. The molecule has 0 radical (unpaired) electrons. The van der Waals surface area contributed by atoms with Gasteiger partial charge in [0.1, 0.15) is 11.6 Å². The number of carbonyl (C=O) groups excluding carboxylic acids is 1. The number of aryl methyl sites for hydroxylation is 2. The van der Waals surface area contributed by atoms with E-state index >= 15 is 0 Å². The van der Waals surface area contributed by atoms with Crippen LogP contribution in [0.3, 0.4) is 0 Å². The Morgan fingerprint density at radius 1 is 1.13 bits per heavy atom. The Balaban J connectivity index is 1.41. The van der Waals surface area contributed by atoms with Crippen molar-refractivity contribution in [2.24, 2.45) is 0 Å². The summed E-state index contributed by atoms with van der Waals surface area (Å²) in [7, 11) is -3.72. The van der Waals surface area contributed by atoms with Crippen LogP contribution in [0.25, 0.3) is 0 Å². The number of nitrogens with zero attached hydrogens (tertiary/aromatic N) is 3. The van der Waals surface area contributed by atoms with Gasteiger partial charge in [0, 0.05) is 37.8 Å². The molecule has 0 aliphatic carbocycles. The first-order chi connectivity index (χ1) is 14.2. The highest BCUT2D eigenvalue weighted by Crippen LogP contribution is 2.34. The molecule has 160 valence electrons. The molecule has 1 amide bonds. The van der Waals surface area contributed by atoms with Gasteiger partial charge in [-0.1, -0.05) is 12.1 Å². The Morgan fingerprint density at radius 3 is 2.47 bits per heavy atom. The number of pyridine rings is 1. The standard InChI is InChI=1S/C22H26FN3O3S/c1-15-3-8-21(24-12-15)26-18-6-7-19(26)14-25(13-18)22(27)9-10-30(28,29)20-11-17(23)5-4-16(20)2/h3-5,8,11-12,18-19H,6-7,9-10,13-14H2,1-2H3. The minimum absolute atomic E-state index is 0.0364. The highest BCUT2D eigenvalue weighted by molar-refractivity contribution is 7.91. The van der Waals surface area contributed by atoms with Gasteiger partial charge in [-0.05, 0) is 56.0 Å². The van der Waals surface area contributed by atoms with Crippen molar-refractivity contribution in [1.82, 2.24) is 9.88 Å². The number of carbonyl (C=O) groups is 1. The monoisotopic (exact) mass is 431 g/mol. The minimum atomic E-state index is -3.72. The van der Waals surface area contributed by atoms with Gasteiger partial charge in [-0.15, -0.1) is 0 Å². The average molecular weight is 432 g/mol. The van der Waals surface area contributed by atoms with Crippen LogP contribution in [0.5, 0.6) is 0 Å². The number of anilines is 1. The third-order valence-corrected chi connectivity index (χ3v) is 7.92. The molecule has 2 atom stereocenters. The van der Waals surface area contributed by atoms with Crippen LogP contribution in [-0.4, -0.2) is 55.1 Å². The number of rotatable bonds is 5. The van der Waals surface area contributed by atoms with E-state index < -0.39 is 15.7 Å². The second kappa shape index (κ2) is 7.98. The van der Waals surface area contributed by atoms with Crippen LogP contribution in [0, 0.1) is 19.7 Å². The predicted molar refractivity (Wildman–Crippen MR) is 113 cm³/mol. The van der Waals surface area contributed by atoms with Gasteiger partial charge in [-0.3, -0.25) is 4.79 Å². The molecule has 30 heavy (non-hydrogen) atoms. The number of piperazine rings is 1. The van der Waals surface area contributed by atoms with Gasteiger partial charge < -0.3 is 9.80 Å². The maximum absolute atomic E-state index is 13.5. The van der Waals surface area contributed by atoms with Crippen molar-refractivity contribution in [1.29, 1.82) is 0 Å². The molecule has 2 aliphatic heterocycles. The molecular weight excluding hydrogens is 405 g/mol. The normalized spacial score (nSPS) is 21.2. The van der Waals surface area contributed by atoms with Crippen LogP contribution in [0.1, 0.15) is 30.4 Å². The van der Waals surface area contributed by atoms with Crippen LogP contribution >= 0.6 is 0 Å². The van der Waals surface area contributed by atoms with Gasteiger partial charge in [0.05, 0.1) is 10.6 Å². The predicted octanol–water partition coefficient (Wildman–Crippen LogP) is 2.88. The molecule has 1 aromatic carbocycles. The van der Waals surface area contributed by atoms with E-state index in [1.807, 2.05) is 25.3 Å². The van der Waals surface area contributed by atoms with E-state index in [1.165, 1.54) is 12.1 Å². The van der Waals surface area contributed by atoms with Gasteiger partial charge >= 0.3 is 0 Å². The van der Waals surface area contributed by atoms with Crippen LogP contribution < -0.4 is 4.90 Å². The molecule has 3 heterocycles. The number of amides is 1. The largest absolute Gasteiger partial charge is 0.347 e. The summed E-state index contributed by atoms with van der Waals surface area (Å²) in [5, 5.41) is 0. The third-order valence-electron chi connectivity index (χ3n) is 6.07. The van der Waals surface area contributed by atoms with Gasteiger partial charge in [0.15, 0.2) is 9.84 Å². The summed E-state index contributed by atoms with van der Waals surface area (Å²) >= 11 is 0. The molecule has 0 N–H and O–H groups in total. The number of hydrogen-bond donors (Lipinski definition) is 0. The fraction of sp³-hybridized carbons (Fsp3) is 0.455. The maximum atomic E-state index is 13.5. The van der Waals surface area contributed by atoms with Crippen molar-refractivity contribution in [2.75, 3.05) is 23.7 Å². The van der Waals surface area contributed by atoms with E-state index in [1.54, 1.807) is 11.8 Å². The molecule has 6 nitrogen and oxygen atoms in total. The fourth-order valence-corrected chi connectivity index (χ4v) is 6.01. The number of hydrogen-bond acceptors (Lipinski definition) is 5. The Bertz CT molecular complexity index is 1040. The van der Waals surface area contributed by atoms with Crippen molar-refractivity contribution in [3.63, 3.8) is 0 Å². The van der Waals surface area contributed by atoms with Crippen molar-refractivity contribution in [3.8, 4) is 0 Å². The van der Waals surface area contributed by atoms with Gasteiger partial charge in [-0.25, -0.2) is 17.8 Å². The highest BCUT2D eigenvalue weighted by Gasteiger charge is 2.42. The molecular formula is C22H26FN3O3S. The lowest BCUT2D eigenvalue weighted by molar-refractivity contribution is -0.131. The first-order valence-electron chi connectivity index (χ1n) is 10.2. The molecule has 0 saturated carbocycles. The average Bonchev–Trinajstić information content (AvgIpc) is 2.97. The second-order valence-electron chi connectivity index (χ2n) is 8.26. The van der Waals surface area contributed by atoms with E-state index in [9.17, 15) is 17.6 Å². The van der Waals surface area contributed by atoms with Crippen molar-refractivity contribution < 1.29 is 17.6 Å². The molecule has 4 rings (SSSR count). The van der Waals surface area contributed by atoms with Crippen LogP contribution in [0.2, 0.25) is 0 Å². The summed E-state index contributed by atoms with van der Waals surface area (Å²) in [4.78, 5) is 21.4. The zero-order valence-electron chi connectivity index (χ0n) is 17.2. The summed E-state index contributed by atoms with van der Waals surface area (Å²) in [6.07, 6.45) is 3.74. The van der Waals surface area contributed by atoms with Crippen molar-refractivity contribution in [2.45, 2.75) is 50.1 Å². The summed E-state index contributed by atoms with van der Waals surface area (Å²) in [5.74, 6) is -0.140. The van der Waals surface area contributed by atoms with E-state index in [-0.39, 0.29) is 35.1 Å². The van der Waals surface area contributed by atoms with Crippen LogP contribution in [-0.2, 0) is 14.6 Å². The summed E-state index contributed by atoms with van der Waals surface area (Å²) in [6, 6.07) is 8.17. The van der Waals surface area contributed by atoms with Crippen LogP contribution in [0.4, 0.5) is 10.2 Å². The molecule has 1 aromatic heterocycles. The Labute approximate surface area is 176 Å². The number of sulfone groups is 1. The van der Waals surface area contributed by atoms with E-state index in [4.69, 9.17) is 0 Å². The maximum Gasteiger partial charge on any atom is 0.223 e. The Kier molecular flexibility index (Phi) is 5.53. The molecule has 8 heteroatoms. The molecule has 2 fully saturated rings. The first kappa shape index (κ1) is 20.8. The number of likely N-dealkylation sites (tertiary alicyclic amines) is 1. The Hall–Kier alpha value is -2.48. The first-order valence-corrected chi connectivity index (χ1v) is 11.9. The SMILES string of the molecule is Cc1ccc(N2C3CCC2CN(C(=O)CCS(=O)(=O)c2cc(F)ccc2C)C3)nc1. The van der Waals surface area contributed by atoms with E-state index in [0.29, 0.717) is 18.7 Å². The topological polar surface area (TPSA) is 70.6 Å². The van der Waals surface area contributed by atoms with Crippen molar-refractivity contribution in [3.05, 3.63) is 53.5 Å². The third kappa shape index (κ3) is 4.05. The lowest BCUT2D eigenvalue weighted by Crippen LogP contribution is -2.55. The molecule has 2 saturated heterocycles. The Morgan fingerprint density at radius 2 is 1.83 bits per heavy atom. The van der Waals surface area contributed by atoms with Crippen molar-refractivity contribution >= 4 is 21.6 Å². The van der Waals surface area contributed by atoms with E-state index in [0.717, 1.165) is 30.3 Å². The minimum Gasteiger partial charge on any atom is -0.347 e. The molecule has 0 spiro atoms. The number of halogens is 1. The summed E-state index contributed by atoms with van der Waals surface area (Å²) in [5.41, 5.74) is 1.59. The lowest BCUT2D eigenvalue weighted by atomic mass is 10.1. The molecule has 2 unspecified atom stereocenters. The molecule has 2 aromatic rings. The highest BCUT2D eigenvalue weighted by atomic mass is 32.2. The quantitative estimate of drug-likeness (QED) is 0.728. The zero-order valence-corrected chi connectivity index (χ0v) is 18.0. The summed E-state index contributed by atoms with van der Waals surface area (Å²) < 4.78 is 38.8.